The molecule has 0 saturated carbocycles. The Morgan fingerprint density at radius 3 is 2.17 bits per heavy atom. The fourth-order valence-electron chi connectivity index (χ4n) is 4.13. The van der Waals surface area contributed by atoms with Gasteiger partial charge < -0.3 is 25.2 Å². The molecule has 1 amide bonds. The van der Waals surface area contributed by atoms with Crippen LogP contribution in [0, 0.1) is 19.3 Å². The molecule has 35 heavy (non-hydrogen) atoms. The van der Waals surface area contributed by atoms with Crippen molar-refractivity contribution in [2.24, 2.45) is 5.41 Å². The van der Waals surface area contributed by atoms with Crippen molar-refractivity contribution < 1.29 is 24.2 Å². The molecule has 0 heterocycles. The summed E-state index contributed by atoms with van der Waals surface area (Å²) >= 11 is 0. The standard InChI is InChI=1S/C28H40N2O5/c1-9-22(25(31)30-23-14-19(3)24(34-8)15-18(23)2)29-16-20-10-12-21(13-11-20)35-28(7,26(32)33)17-27(4,5)6/h10-15,22,29H,9,16-17H2,1-8H3,(H,30,31)(H,32,33). The second-order valence-electron chi connectivity index (χ2n) is 10.5. The Morgan fingerprint density at radius 1 is 1.03 bits per heavy atom. The highest BCUT2D eigenvalue weighted by Crippen LogP contribution is 2.32. The van der Waals surface area contributed by atoms with Crippen molar-refractivity contribution in [1.82, 2.24) is 5.32 Å². The number of carbonyl (C=O) groups excluding carboxylic acids is 1. The van der Waals surface area contributed by atoms with E-state index < -0.39 is 11.6 Å². The molecule has 0 radical (unpaired) electrons. The van der Waals surface area contributed by atoms with Crippen molar-refractivity contribution in [1.29, 1.82) is 0 Å². The van der Waals surface area contributed by atoms with Gasteiger partial charge >= 0.3 is 5.97 Å². The number of ether oxygens (including phenoxy) is 2. The highest BCUT2D eigenvalue weighted by atomic mass is 16.5. The number of carboxylic acids is 1. The minimum atomic E-state index is -1.32. The molecule has 0 bridgehead atoms. The normalized spacial score (nSPS) is 14.1. The molecule has 0 fully saturated rings. The van der Waals surface area contributed by atoms with Crippen LogP contribution in [0.4, 0.5) is 5.69 Å². The van der Waals surface area contributed by atoms with Crippen LogP contribution in [0.1, 0.15) is 64.2 Å². The first-order chi connectivity index (χ1) is 16.3. The van der Waals surface area contributed by atoms with Crippen LogP contribution in [-0.2, 0) is 16.1 Å². The van der Waals surface area contributed by atoms with Crippen LogP contribution in [0.2, 0.25) is 0 Å². The van der Waals surface area contributed by atoms with Crippen LogP contribution in [0.25, 0.3) is 0 Å². The first-order valence-corrected chi connectivity index (χ1v) is 12.0. The molecule has 0 spiro atoms. The third kappa shape index (κ3) is 7.99. The zero-order chi connectivity index (χ0) is 26.4. The molecular formula is C28H40N2O5. The quantitative estimate of drug-likeness (QED) is 0.391. The van der Waals surface area contributed by atoms with Gasteiger partial charge in [0.05, 0.1) is 13.2 Å². The van der Waals surface area contributed by atoms with Crippen LogP contribution in [0.15, 0.2) is 36.4 Å². The van der Waals surface area contributed by atoms with Crippen molar-refractivity contribution in [2.75, 3.05) is 12.4 Å². The van der Waals surface area contributed by atoms with Crippen LogP contribution >= 0.6 is 0 Å². The maximum Gasteiger partial charge on any atom is 0.347 e. The summed E-state index contributed by atoms with van der Waals surface area (Å²) in [6, 6.07) is 10.8. The van der Waals surface area contributed by atoms with Crippen molar-refractivity contribution in [2.45, 2.75) is 79.5 Å². The highest BCUT2D eigenvalue weighted by molar-refractivity contribution is 5.95. The van der Waals surface area contributed by atoms with E-state index in [0.717, 1.165) is 28.1 Å². The number of anilines is 1. The van der Waals surface area contributed by atoms with Gasteiger partial charge in [0.25, 0.3) is 0 Å². The number of carboxylic acid groups (broad SMARTS) is 1. The Morgan fingerprint density at radius 2 is 1.66 bits per heavy atom. The van der Waals surface area contributed by atoms with Gasteiger partial charge in [-0.05, 0) is 73.6 Å². The average molecular weight is 485 g/mol. The van der Waals surface area contributed by atoms with Gasteiger partial charge in [0.15, 0.2) is 0 Å². The molecule has 2 aromatic rings. The first-order valence-electron chi connectivity index (χ1n) is 12.0. The summed E-state index contributed by atoms with van der Waals surface area (Å²) in [7, 11) is 1.63. The monoisotopic (exact) mass is 484 g/mol. The molecule has 2 rings (SSSR count). The van der Waals surface area contributed by atoms with E-state index in [1.807, 2.05) is 65.8 Å². The van der Waals surface area contributed by atoms with Crippen LogP contribution in [-0.4, -0.2) is 35.7 Å². The lowest BCUT2D eigenvalue weighted by atomic mass is 9.82. The molecule has 7 nitrogen and oxygen atoms in total. The van der Waals surface area contributed by atoms with Gasteiger partial charge in [0.2, 0.25) is 11.5 Å². The lowest BCUT2D eigenvalue weighted by molar-refractivity contribution is -0.156. The molecule has 192 valence electrons. The molecule has 0 aromatic heterocycles. The van der Waals surface area contributed by atoms with E-state index >= 15 is 0 Å². The zero-order valence-electron chi connectivity index (χ0n) is 22.2. The highest BCUT2D eigenvalue weighted by Gasteiger charge is 2.39. The summed E-state index contributed by atoms with van der Waals surface area (Å²) in [4.78, 5) is 24.8. The van der Waals surface area contributed by atoms with Gasteiger partial charge in [-0.15, -0.1) is 0 Å². The number of amides is 1. The Hall–Kier alpha value is -3.06. The zero-order valence-corrected chi connectivity index (χ0v) is 22.2. The van der Waals surface area contributed by atoms with E-state index in [2.05, 4.69) is 10.6 Å². The molecule has 0 aliphatic rings. The van der Waals surface area contributed by atoms with E-state index in [1.165, 1.54) is 0 Å². The predicted molar refractivity (Wildman–Crippen MR) is 139 cm³/mol. The van der Waals surface area contributed by atoms with E-state index in [9.17, 15) is 14.7 Å². The van der Waals surface area contributed by atoms with Crippen molar-refractivity contribution in [3.05, 3.63) is 53.1 Å². The largest absolute Gasteiger partial charge is 0.496 e. The molecule has 0 saturated heterocycles. The second-order valence-corrected chi connectivity index (χ2v) is 10.5. The van der Waals surface area contributed by atoms with Gasteiger partial charge in [-0.1, -0.05) is 39.8 Å². The second kappa shape index (κ2) is 11.6. The summed E-state index contributed by atoms with van der Waals surface area (Å²) in [6.45, 7) is 13.9. The van der Waals surface area contributed by atoms with Crippen molar-refractivity contribution in [3.8, 4) is 11.5 Å². The van der Waals surface area contributed by atoms with Gasteiger partial charge in [0.1, 0.15) is 11.5 Å². The lowest BCUT2D eigenvalue weighted by Crippen LogP contribution is -2.44. The van der Waals surface area contributed by atoms with Gasteiger partial charge in [-0.3, -0.25) is 4.79 Å². The number of aliphatic carboxylic acids is 1. The van der Waals surface area contributed by atoms with Gasteiger partial charge in [-0.2, -0.15) is 0 Å². The summed E-state index contributed by atoms with van der Waals surface area (Å²) in [5, 5.41) is 16.0. The Balaban J connectivity index is 2.01. The molecule has 0 aliphatic carbocycles. The van der Waals surface area contributed by atoms with Crippen molar-refractivity contribution in [3.63, 3.8) is 0 Å². The fraction of sp³-hybridized carbons (Fsp3) is 0.500. The number of hydrogen-bond acceptors (Lipinski definition) is 5. The predicted octanol–water partition coefficient (Wildman–Crippen LogP) is 5.48. The smallest absolute Gasteiger partial charge is 0.347 e. The molecular weight excluding hydrogens is 444 g/mol. The lowest BCUT2D eigenvalue weighted by Gasteiger charge is -2.32. The Bertz CT molecular complexity index is 1030. The minimum absolute atomic E-state index is 0.0977. The summed E-state index contributed by atoms with van der Waals surface area (Å²) in [6.07, 6.45) is 1.00. The number of nitrogens with one attached hydrogen (secondary N) is 2. The molecule has 0 aliphatic heterocycles. The summed E-state index contributed by atoms with van der Waals surface area (Å²) in [5.74, 6) is 0.204. The van der Waals surface area contributed by atoms with Gasteiger partial charge in [-0.25, -0.2) is 4.79 Å². The van der Waals surface area contributed by atoms with E-state index in [-0.39, 0.29) is 17.4 Å². The van der Waals surface area contributed by atoms with E-state index in [4.69, 9.17) is 9.47 Å². The third-order valence-electron chi connectivity index (χ3n) is 5.86. The van der Waals surface area contributed by atoms with Gasteiger partial charge in [0, 0.05) is 18.7 Å². The number of aryl methyl sites for hydroxylation is 2. The number of methoxy groups -OCH3 is 1. The number of rotatable bonds is 11. The summed E-state index contributed by atoms with van der Waals surface area (Å²) in [5.41, 5.74) is 2.11. The topological polar surface area (TPSA) is 96.9 Å². The van der Waals surface area contributed by atoms with E-state index in [0.29, 0.717) is 25.1 Å². The minimum Gasteiger partial charge on any atom is -0.496 e. The SMILES string of the molecule is CCC(NCc1ccc(OC(C)(CC(C)(C)C)C(=O)O)cc1)C(=O)Nc1cc(C)c(OC)cc1C. The molecule has 3 N–H and O–H groups in total. The number of hydrogen-bond donors (Lipinski definition) is 3. The molecule has 2 aromatic carbocycles. The fourth-order valence-corrected chi connectivity index (χ4v) is 4.13. The maximum atomic E-state index is 12.9. The van der Waals surface area contributed by atoms with Crippen LogP contribution in [0.3, 0.4) is 0 Å². The Labute approximate surface area is 209 Å². The number of carbonyl (C=O) groups is 2. The Kier molecular flexibility index (Phi) is 9.32. The van der Waals surface area contributed by atoms with E-state index in [1.54, 1.807) is 26.2 Å². The first kappa shape index (κ1) is 28.2. The molecule has 2 unspecified atom stereocenters. The molecule has 2 atom stereocenters. The average Bonchev–Trinajstić information content (AvgIpc) is 2.76. The molecule has 7 heteroatoms. The third-order valence-corrected chi connectivity index (χ3v) is 5.86. The van der Waals surface area contributed by atoms with Crippen LogP contribution < -0.4 is 20.1 Å². The maximum absolute atomic E-state index is 12.9. The summed E-state index contributed by atoms with van der Waals surface area (Å²) < 4.78 is 11.2. The number of benzene rings is 2. The van der Waals surface area contributed by atoms with Crippen molar-refractivity contribution >= 4 is 17.6 Å². The van der Waals surface area contributed by atoms with Crippen LogP contribution in [0.5, 0.6) is 11.5 Å².